The first-order chi connectivity index (χ1) is 49.1. The highest BCUT2D eigenvalue weighted by atomic mass is 14.2. The van der Waals surface area contributed by atoms with Gasteiger partial charge in [-0.05, 0) is 224 Å². The predicted molar refractivity (Wildman–Crippen MR) is 425 cm³/mol. The molecule has 0 heteroatoms. The molecule has 0 aromatic heterocycles. The quantitative estimate of drug-likeness (QED) is 0.105. The summed E-state index contributed by atoms with van der Waals surface area (Å²) in [4.78, 5) is 0. The third kappa shape index (κ3) is 15.0. The second-order valence-electron chi connectivity index (χ2n) is 26.3. The number of hydrogen-bond donors (Lipinski definition) is 0. The molecule has 0 bridgehead atoms. The number of hydrogen-bond acceptors (Lipinski definition) is 0. The molecule has 0 spiro atoms. The SMILES string of the molecule is C1=Cc2c(ccc3ccccc23)C1.C1=Cc2ccccc2Cc2ccccc21.c1ccc2c(c1)CCc1ccccc1-2.c1ccc2c(c1)CCc1ccccc1C2.c1ccc2c(c1)Cc1ccccc1C2.c1ccc2c(c1)ccc1ccccc12.c1ccc2cc3ccccc3cc2c1. The summed E-state index contributed by atoms with van der Waals surface area (Å²) in [5.74, 6) is 0. The fourth-order valence-corrected chi connectivity index (χ4v) is 14.9. The van der Waals surface area contributed by atoms with Crippen LogP contribution < -0.4 is 0 Å². The van der Waals surface area contributed by atoms with E-state index in [-0.39, 0.29) is 0 Å². The van der Waals surface area contributed by atoms with Gasteiger partial charge < -0.3 is 0 Å². The first-order valence-electron chi connectivity index (χ1n) is 35.3. The highest BCUT2D eigenvalue weighted by molar-refractivity contribution is 6.07. The van der Waals surface area contributed by atoms with Gasteiger partial charge in [-0.3, -0.25) is 0 Å². The van der Waals surface area contributed by atoms with Gasteiger partial charge in [0.05, 0.1) is 0 Å². The second-order valence-corrected chi connectivity index (χ2v) is 26.3. The van der Waals surface area contributed by atoms with Crippen molar-refractivity contribution in [2.24, 2.45) is 0 Å². The van der Waals surface area contributed by atoms with Crippen LogP contribution in [0.2, 0.25) is 0 Å². The lowest BCUT2D eigenvalue weighted by Crippen LogP contribution is -2.06. The molecule has 21 rings (SSSR count). The number of rotatable bonds is 0. The Morgan fingerprint density at radius 3 is 0.859 bits per heavy atom. The van der Waals surface area contributed by atoms with Crippen LogP contribution in [0.15, 0.2) is 358 Å². The molecule has 0 radical (unpaired) electrons. The van der Waals surface area contributed by atoms with Crippen LogP contribution in [0.5, 0.6) is 0 Å². The molecule has 0 saturated heterocycles. The average molecular weight is 1270 g/mol. The molecular weight excluding hydrogens is 1190 g/mol. The zero-order valence-corrected chi connectivity index (χ0v) is 56.2. The summed E-state index contributed by atoms with van der Waals surface area (Å²) in [7, 11) is 0. The molecule has 0 heterocycles. The Bertz CT molecular complexity index is 5160. The van der Waals surface area contributed by atoms with E-state index in [1.807, 2.05) is 0 Å². The Morgan fingerprint density at radius 2 is 0.444 bits per heavy atom. The Kier molecular flexibility index (Phi) is 19.6. The van der Waals surface area contributed by atoms with E-state index in [1.54, 1.807) is 0 Å². The van der Waals surface area contributed by atoms with Gasteiger partial charge in [-0.1, -0.05) is 364 Å². The maximum atomic E-state index is 2.27. The predicted octanol–water partition coefficient (Wildman–Crippen LogP) is 25.2. The highest BCUT2D eigenvalue weighted by Crippen LogP contribution is 2.34. The Hall–Kier alpha value is -11.7. The van der Waals surface area contributed by atoms with E-state index < -0.39 is 0 Å². The molecule has 0 saturated carbocycles. The van der Waals surface area contributed by atoms with Crippen molar-refractivity contribution in [3.8, 4) is 11.1 Å². The molecular formula is C99H80. The van der Waals surface area contributed by atoms with Crippen LogP contribution in [0.1, 0.15) is 89.0 Å². The molecule has 0 unspecified atom stereocenters. The van der Waals surface area contributed by atoms with E-state index in [0.717, 1.165) is 32.1 Å². The van der Waals surface area contributed by atoms with Crippen LogP contribution in [-0.4, -0.2) is 0 Å². The lowest BCUT2D eigenvalue weighted by Gasteiger charge is -2.19. The normalized spacial score (nSPS) is 12.6. The van der Waals surface area contributed by atoms with Gasteiger partial charge in [0, 0.05) is 0 Å². The first-order valence-corrected chi connectivity index (χ1v) is 35.3. The fourth-order valence-electron chi connectivity index (χ4n) is 14.9. The number of benzene rings is 16. The van der Waals surface area contributed by atoms with Crippen molar-refractivity contribution in [1.29, 1.82) is 0 Å². The van der Waals surface area contributed by atoms with Crippen LogP contribution >= 0.6 is 0 Å². The topological polar surface area (TPSA) is 0 Å². The van der Waals surface area contributed by atoms with E-state index in [1.165, 1.54) is 180 Å². The average Bonchev–Trinajstić information content (AvgIpc) is 1.15. The molecule has 0 amide bonds. The van der Waals surface area contributed by atoms with E-state index >= 15 is 0 Å². The summed E-state index contributed by atoms with van der Waals surface area (Å²) in [6.07, 6.45) is 19.1. The van der Waals surface area contributed by atoms with Gasteiger partial charge in [0.15, 0.2) is 0 Å². The molecule has 476 valence electrons. The molecule has 5 aliphatic carbocycles. The van der Waals surface area contributed by atoms with Crippen LogP contribution in [0.3, 0.4) is 0 Å². The molecule has 0 nitrogen and oxygen atoms in total. The summed E-state index contributed by atoms with van der Waals surface area (Å²) < 4.78 is 0. The summed E-state index contributed by atoms with van der Waals surface area (Å²) in [5, 5.41) is 13.3. The van der Waals surface area contributed by atoms with Gasteiger partial charge in [-0.2, -0.15) is 0 Å². The Labute approximate surface area is 584 Å². The Balaban J connectivity index is 0.0000000941. The maximum absolute atomic E-state index is 2.27. The number of fused-ring (bicyclic) bond motifs is 17. The summed E-state index contributed by atoms with van der Waals surface area (Å²) >= 11 is 0. The van der Waals surface area contributed by atoms with E-state index in [0.29, 0.717) is 0 Å². The van der Waals surface area contributed by atoms with Crippen molar-refractivity contribution >= 4 is 72.1 Å². The van der Waals surface area contributed by atoms with Gasteiger partial charge >= 0.3 is 0 Å². The summed E-state index contributed by atoms with van der Waals surface area (Å²) in [6, 6.07) is 126. The third-order valence-corrected chi connectivity index (χ3v) is 20.2. The number of aryl methyl sites for hydroxylation is 4. The smallest absolute Gasteiger partial charge is 0.00139 e. The molecule has 0 atom stereocenters. The molecule has 0 fully saturated rings. The highest BCUT2D eigenvalue weighted by Gasteiger charge is 2.16. The first kappa shape index (κ1) is 63.4. The minimum absolute atomic E-state index is 1.04. The van der Waals surface area contributed by atoms with Crippen molar-refractivity contribution < 1.29 is 0 Å². The van der Waals surface area contributed by atoms with Crippen LogP contribution in [-0.2, 0) is 57.8 Å². The number of allylic oxidation sites excluding steroid dienone is 1. The van der Waals surface area contributed by atoms with Crippen molar-refractivity contribution in [3.05, 3.63) is 447 Å². The maximum Gasteiger partial charge on any atom is -0.00139 e. The lowest BCUT2D eigenvalue weighted by molar-refractivity contribution is 0.942. The monoisotopic (exact) mass is 1270 g/mol. The fraction of sp³-hybridized carbons (Fsp3) is 0.0909. The second kappa shape index (κ2) is 30.6. The van der Waals surface area contributed by atoms with Crippen molar-refractivity contribution in [2.75, 3.05) is 0 Å². The minimum Gasteiger partial charge on any atom is -0.0795 e. The largest absolute Gasteiger partial charge is 0.0795 e. The van der Waals surface area contributed by atoms with E-state index in [2.05, 4.69) is 376 Å². The molecule has 5 aliphatic rings. The van der Waals surface area contributed by atoms with Gasteiger partial charge in [-0.15, -0.1) is 0 Å². The summed E-state index contributed by atoms with van der Waals surface area (Å²) in [6.45, 7) is 0. The van der Waals surface area contributed by atoms with Gasteiger partial charge in [0.1, 0.15) is 0 Å². The molecule has 0 aliphatic heterocycles. The van der Waals surface area contributed by atoms with E-state index in [4.69, 9.17) is 0 Å². The third-order valence-electron chi connectivity index (χ3n) is 20.2. The molecule has 0 N–H and O–H groups in total. The molecule has 99 heavy (non-hydrogen) atoms. The van der Waals surface area contributed by atoms with E-state index in [9.17, 15) is 0 Å². The zero-order chi connectivity index (χ0) is 66.4. The summed E-state index contributed by atoms with van der Waals surface area (Å²) in [5.41, 5.74) is 26.2. The lowest BCUT2D eigenvalue weighted by atomic mass is 9.86. The van der Waals surface area contributed by atoms with Crippen LogP contribution in [0.25, 0.3) is 83.2 Å². The molecule has 16 aromatic carbocycles. The van der Waals surface area contributed by atoms with Crippen molar-refractivity contribution in [3.63, 3.8) is 0 Å². The van der Waals surface area contributed by atoms with Gasteiger partial charge in [0.2, 0.25) is 0 Å². The Morgan fingerprint density at radius 1 is 0.172 bits per heavy atom. The van der Waals surface area contributed by atoms with Crippen molar-refractivity contribution in [2.45, 2.75) is 57.8 Å². The van der Waals surface area contributed by atoms with Crippen LogP contribution in [0.4, 0.5) is 0 Å². The van der Waals surface area contributed by atoms with Crippen LogP contribution in [0, 0.1) is 0 Å². The zero-order valence-electron chi connectivity index (χ0n) is 56.2. The van der Waals surface area contributed by atoms with Gasteiger partial charge in [0.25, 0.3) is 0 Å². The molecule has 16 aromatic rings. The minimum atomic E-state index is 1.04. The van der Waals surface area contributed by atoms with Gasteiger partial charge in [-0.25, -0.2) is 0 Å². The standard InChI is InChI=1S/C15H14.C15H12.C14H12.C14H10.C14H12.C14H10.C13H10/c2*1-3-7-14-11-15-8-4-2-6-13(15)10-9-12(14)5-1;2*1-3-7-13-11(5-1)9-10-12-6-2-4-8-14(12)13;2*1-2-6-12-10-14-8-4-3-7-13(14)9-11(12)5-1;1-2-6-12-10(4-1)8-9-11-5-3-7-13(11)12/h1-8H,9-11H2;1-10H,11H2;1-8H,9-10H2;1-10H;1-8H,9-10H2;1-10H;1-4,6-9H,5H2. The van der Waals surface area contributed by atoms with Crippen molar-refractivity contribution in [1.82, 2.24) is 0 Å².